The summed E-state index contributed by atoms with van der Waals surface area (Å²) in [6, 6.07) is 9.33. The van der Waals surface area contributed by atoms with E-state index in [1.54, 1.807) is 0 Å². The van der Waals surface area contributed by atoms with Gasteiger partial charge < -0.3 is 9.15 Å². The molecule has 0 amide bonds. The summed E-state index contributed by atoms with van der Waals surface area (Å²) in [5.41, 5.74) is 0.787. The van der Waals surface area contributed by atoms with Gasteiger partial charge in [-0.1, -0.05) is 18.2 Å². The van der Waals surface area contributed by atoms with Crippen molar-refractivity contribution in [2.24, 2.45) is 0 Å². The van der Waals surface area contributed by atoms with Crippen LogP contribution in [0.25, 0.3) is 11.5 Å². The summed E-state index contributed by atoms with van der Waals surface area (Å²) in [6.45, 7) is 0. The van der Waals surface area contributed by atoms with Crippen molar-refractivity contribution in [2.75, 3.05) is 0 Å². The van der Waals surface area contributed by atoms with Crippen molar-refractivity contribution in [2.45, 2.75) is 31.8 Å². The van der Waals surface area contributed by atoms with Gasteiger partial charge in [0.15, 0.2) is 0 Å². The molecule has 0 N–H and O–H groups in total. The van der Waals surface area contributed by atoms with Gasteiger partial charge in [-0.3, -0.25) is 0 Å². The summed E-state index contributed by atoms with van der Waals surface area (Å²) in [5, 5.41) is 7.61. The number of esters is 1. The minimum absolute atomic E-state index is 0.000393. The Kier molecular flexibility index (Phi) is 3.27. The first-order valence-corrected chi connectivity index (χ1v) is 6.43. The molecule has 5 heteroatoms. The van der Waals surface area contributed by atoms with Crippen LogP contribution in [-0.2, 0) is 4.74 Å². The first-order chi connectivity index (χ1) is 9.33. The highest BCUT2D eigenvalue weighted by Crippen LogP contribution is 2.23. The van der Waals surface area contributed by atoms with Gasteiger partial charge in [0.25, 0.3) is 0 Å². The third-order valence-corrected chi connectivity index (χ3v) is 3.20. The zero-order valence-electron chi connectivity index (χ0n) is 10.4. The van der Waals surface area contributed by atoms with Gasteiger partial charge in [-0.15, -0.1) is 10.2 Å². The molecule has 3 rings (SSSR count). The summed E-state index contributed by atoms with van der Waals surface area (Å²) < 4.78 is 10.7. The fourth-order valence-corrected chi connectivity index (χ4v) is 2.21. The highest BCUT2D eigenvalue weighted by atomic mass is 16.6. The summed E-state index contributed by atoms with van der Waals surface area (Å²) >= 11 is 0. The van der Waals surface area contributed by atoms with Gasteiger partial charge >= 0.3 is 11.9 Å². The van der Waals surface area contributed by atoms with Gasteiger partial charge in [0.1, 0.15) is 6.10 Å². The number of hydrogen-bond acceptors (Lipinski definition) is 5. The van der Waals surface area contributed by atoms with Crippen LogP contribution in [0.2, 0.25) is 0 Å². The first kappa shape index (κ1) is 11.9. The molecule has 1 heterocycles. The number of ether oxygens (including phenoxy) is 1. The summed E-state index contributed by atoms with van der Waals surface area (Å²) in [6.07, 6.45) is 4.06. The number of benzene rings is 1. The highest BCUT2D eigenvalue weighted by Gasteiger charge is 2.24. The molecule has 0 aliphatic heterocycles. The van der Waals surface area contributed by atoms with E-state index in [2.05, 4.69) is 10.2 Å². The number of nitrogens with zero attached hydrogens (tertiary/aromatic N) is 2. The Hall–Kier alpha value is -2.17. The molecule has 0 spiro atoms. The molecule has 5 nitrogen and oxygen atoms in total. The van der Waals surface area contributed by atoms with Gasteiger partial charge in [-0.2, -0.15) is 0 Å². The van der Waals surface area contributed by atoms with Crippen molar-refractivity contribution in [3.05, 3.63) is 36.2 Å². The van der Waals surface area contributed by atoms with Gasteiger partial charge in [0.2, 0.25) is 5.89 Å². The molecule has 1 aromatic heterocycles. The van der Waals surface area contributed by atoms with E-state index >= 15 is 0 Å². The minimum atomic E-state index is -0.526. The first-order valence-electron chi connectivity index (χ1n) is 6.43. The SMILES string of the molecule is O=C(OC1CCCC1)c1nnc(-c2ccccc2)o1. The molecule has 1 saturated carbocycles. The van der Waals surface area contributed by atoms with Gasteiger partial charge in [-0.25, -0.2) is 4.79 Å². The molecular formula is C14H14N2O3. The van der Waals surface area contributed by atoms with Crippen LogP contribution in [0.3, 0.4) is 0 Å². The predicted molar refractivity (Wildman–Crippen MR) is 67.4 cm³/mol. The molecule has 0 bridgehead atoms. The fraction of sp³-hybridized carbons (Fsp3) is 0.357. The van der Waals surface area contributed by atoms with Gasteiger partial charge in [0.05, 0.1) is 0 Å². The van der Waals surface area contributed by atoms with E-state index in [9.17, 15) is 4.79 Å². The monoisotopic (exact) mass is 258 g/mol. The summed E-state index contributed by atoms with van der Waals surface area (Å²) in [4.78, 5) is 11.8. The lowest BCUT2D eigenvalue weighted by molar-refractivity contribution is 0.0273. The summed E-state index contributed by atoms with van der Waals surface area (Å²) in [7, 11) is 0. The molecule has 0 radical (unpaired) electrons. The van der Waals surface area contributed by atoms with Crippen LogP contribution in [-0.4, -0.2) is 22.3 Å². The van der Waals surface area contributed by atoms with E-state index in [1.165, 1.54) is 0 Å². The maximum atomic E-state index is 11.8. The third-order valence-electron chi connectivity index (χ3n) is 3.20. The number of aromatic nitrogens is 2. The molecule has 0 atom stereocenters. The van der Waals surface area contributed by atoms with Crippen molar-refractivity contribution >= 4 is 5.97 Å². The van der Waals surface area contributed by atoms with E-state index in [0.29, 0.717) is 5.89 Å². The van der Waals surface area contributed by atoms with Gasteiger partial charge in [0, 0.05) is 5.56 Å². The molecule has 1 fully saturated rings. The maximum Gasteiger partial charge on any atom is 0.396 e. The van der Waals surface area contributed by atoms with Crippen LogP contribution in [0.15, 0.2) is 34.7 Å². The molecule has 0 unspecified atom stereocenters. The Morgan fingerprint density at radius 1 is 1.16 bits per heavy atom. The number of rotatable bonds is 3. The van der Waals surface area contributed by atoms with Crippen molar-refractivity contribution in [3.8, 4) is 11.5 Å². The molecule has 2 aromatic rings. The topological polar surface area (TPSA) is 65.2 Å². The molecule has 19 heavy (non-hydrogen) atoms. The number of carbonyl (C=O) groups excluding carboxylic acids is 1. The van der Waals surface area contributed by atoms with E-state index in [0.717, 1.165) is 31.2 Å². The fourth-order valence-electron chi connectivity index (χ4n) is 2.21. The Labute approximate surface area is 110 Å². The van der Waals surface area contributed by atoms with Crippen molar-refractivity contribution < 1.29 is 13.9 Å². The van der Waals surface area contributed by atoms with E-state index in [-0.39, 0.29) is 12.0 Å². The largest absolute Gasteiger partial charge is 0.455 e. The van der Waals surface area contributed by atoms with E-state index in [4.69, 9.17) is 9.15 Å². The molecule has 98 valence electrons. The molecule has 1 aliphatic rings. The third kappa shape index (κ3) is 2.65. The Balaban J connectivity index is 1.72. The zero-order chi connectivity index (χ0) is 13.1. The van der Waals surface area contributed by atoms with Crippen molar-refractivity contribution in [1.29, 1.82) is 0 Å². The van der Waals surface area contributed by atoms with E-state index < -0.39 is 5.97 Å². The van der Waals surface area contributed by atoms with E-state index in [1.807, 2.05) is 30.3 Å². The van der Waals surface area contributed by atoms with Crippen molar-refractivity contribution in [1.82, 2.24) is 10.2 Å². The average Bonchev–Trinajstić information content (AvgIpc) is 3.10. The number of hydrogen-bond donors (Lipinski definition) is 0. The predicted octanol–water partition coefficient (Wildman–Crippen LogP) is 2.84. The van der Waals surface area contributed by atoms with Crippen molar-refractivity contribution in [3.63, 3.8) is 0 Å². The van der Waals surface area contributed by atoms with Crippen LogP contribution >= 0.6 is 0 Å². The molecule has 1 aromatic carbocycles. The van der Waals surface area contributed by atoms with Crippen LogP contribution < -0.4 is 0 Å². The smallest absolute Gasteiger partial charge is 0.396 e. The minimum Gasteiger partial charge on any atom is -0.455 e. The lowest BCUT2D eigenvalue weighted by atomic mass is 10.2. The number of carbonyl (C=O) groups is 1. The molecule has 0 saturated heterocycles. The van der Waals surface area contributed by atoms with Crippen LogP contribution in [0.5, 0.6) is 0 Å². The molecule has 1 aliphatic carbocycles. The molecular weight excluding hydrogens is 244 g/mol. The van der Waals surface area contributed by atoms with Crippen LogP contribution in [0, 0.1) is 0 Å². The Morgan fingerprint density at radius 3 is 2.63 bits per heavy atom. The average molecular weight is 258 g/mol. The lowest BCUT2D eigenvalue weighted by Crippen LogP contribution is -2.15. The Bertz CT molecular complexity index is 559. The second-order valence-corrected chi connectivity index (χ2v) is 4.59. The second-order valence-electron chi connectivity index (χ2n) is 4.59. The standard InChI is InChI=1S/C14H14N2O3/c17-14(18-11-8-4-5-9-11)13-16-15-12(19-13)10-6-2-1-3-7-10/h1-3,6-7,11H,4-5,8-9H2. The van der Waals surface area contributed by atoms with Crippen LogP contribution in [0.4, 0.5) is 0 Å². The maximum absolute atomic E-state index is 11.8. The normalized spacial score (nSPS) is 15.6. The summed E-state index contributed by atoms with van der Waals surface area (Å²) in [5.74, 6) is -0.272. The Morgan fingerprint density at radius 2 is 1.89 bits per heavy atom. The second kappa shape index (κ2) is 5.22. The zero-order valence-corrected chi connectivity index (χ0v) is 10.4. The lowest BCUT2D eigenvalue weighted by Gasteiger charge is -2.08. The quantitative estimate of drug-likeness (QED) is 0.792. The van der Waals surface area contributed by atoms with Gasteiger partial charge in [-0.05, 0) is 37.8 Å². The van der Waals surface area contributed by atoms with Crippen LogP contribution in [0.1, 0.15) is 36.4 Å². The highest BCUT2D eigenvalue weighted by molar-refractivity contribution is 5.84.